The summed E-state index contributed by atoms with van der Waals surface area (Å²) in [7, 11) is 1.65. The van der Waals surface area contributed by atoms with Gasteiger partial charge in [0.1, 0.15) is 16.9 Å². The molecule has 0 spiro atoms. The fourth-order valence-corrected chi connectivity index (χ4v) is 3.46. The lowest BCUT2D eigenvalue weighted by Gasteiger charge is -2.15. The molecule has 0 unspecified atom stereocenters. The molecule has 0 radical (unpaired) electrons. The van der Waals surface area contributed by atoms with Crippen molar-refractivity contribution in [3.05, 3.63) is 66.2 Å². The number of anilines is 2. The van der Waals surface area contributed by atoms with Crippen LogP contribution in [-0.2, 0) is 6.42 Å². The Hall–Kier alpha value is -3.05. The number of hydrogen-bond donors (Lipinski definition) is 2. The molecule has 0 aliphatic rings. The molecule has 0 amide bonds. The highest BCUT2D eigenvalue weighted by atomic mass is 32.1. The van der Waals surface area contributed by atoms with Crippen LogP contribution in [0.4, 0.5) is 11.4 Å². The predicted molar refractivity (Wildman–Crippen MR) is 116 cm³/mol. The summed E-state index contributed by atoms with van der Waals surface area (Å²) in [6.45, 7) is 2.12. The summed E-state index contributed by atoms with van der Waals surface area (Å²) in [4.78, 5) is 0. The van der Waals surface area contributed by atoms with Crippen molar-refractivity contribution in [2.24, 2.45) is 0 Å². The maximum Gasteiger partial charge on any atom is 0.175 e. The maximum absolute atomic E-state index is 5.97. The molecule has 2 N–H and O–H groups in total. The molecule has 0 saturated carbocycles. The standard InChI is InChI=1S/C22H20N2O2S/c1-3-14-8-4-6-10-17(14)23-22(27)24-18-13-20-16(12-21(18)25-2)15-9-5-7-11-19(15)26-20/h4-13H,3H2,1-2H3,(H2,23,24,27). The molecule has 0 aliphatic heterocycles. The third-order valence-electron chi connectivity index (χ3n) is 4.59. The first kappa shape index (κ1) is 17.4. The van der Waals surface area contributed by atoms with E-state index in [1.165, 1.54) is 5.56 Å². The lowest BCUT2D eigenvalue weighted by atomic mass is 10.1. The van der Waals surface area contributed by atoms with Crippen molar-refractivity contribution in [2.45, 2.75) is 13.3 Å². The quantitative estimate of drug-likeness (QED) is 0.430. The average Bonchev–Trinajstić information content (AvgIpc) is 3.05. The normalized spacial score (nSPS) is 10.9. The van der Waals surface area contributed by atoms with Crippen molar-refractivity contribution in [3.63, 3.8) is 0 Å². The van der Waals surface area contributed by atoms with E-state index < -0.39 is 0 Å². The number of methoxy groups -OCH3 is 1. The van der Waals surface area contributed by atoms with Crippen LogP contribution < -0.4 is 15.4 Å². The van der Waals surface area contributed by atoms with E-state index in [-0.39, 0.29) is 0 Å². The fourth-order valence-electron chi connectivity index (χ4n) is 3.24. The van der Waals surface area contributed by atoms with E-state index in [2.05, 4.69) is 23.6 Å². The van der Waals surface area contributed by atoms with E-state index in [9.17, 15) is 0 Å². The van der Waals surface area contributed by atoms with Crippen LogP contribution in [0.25, 0.3) is 21.9 Å². The molecule has 4 rings (SSSR count). The van der Waals surface area contributed by atoms with Crippen molar-refractivity contribution >= 4 is 50.6 Å². The highest BCUT2D eigenvalue weighted by Crippen LogP contribution is 2.36. The van der Waals surface area contributed by atoms with E-state index in [1.807, 2.05) is 54.6 Å². The van der Waals surface area contributed by atoms with Crippen LogP contribution in [0.3, 0.4) is 0 Å². The van der Waals surface area contributed by atoms with Crippen LogP contribution in [0.5, 0.6) is 5.75 Å². The zero-order valence-corrected chi connectivity index (χ0v) is 16.0. The molecule has 1 heterocycles. The van der Waals surface area contributed by atoms with Crippen LogP contribution in [-0.4, -0.2) is 12.2 Å². The van der Waals surface area contributed by atoms with Gasteiger partial charge < -0.3 is 19.8 Å². The maximum atomic E-state index is 5.97. The second-order valence-corrected chi connectivity index (χ2v) is 6.64. The Morgan fingerprint density at radius 3 is 2.48 bits per heavy atom. The fraction of sp³-hybridized carbons (Fsp3) is 0.136. The zero-order chi connectivity index (χ0) is 18.8. The minimum absolute atomic E-state index is 0.504. The second kappa shape index (κ2) is 7.29. The van der Waals surface area contributed by atoms with Gasteiger partial charge in [-0.15, -0.1) is 0 Å². The van der Waals surface area contributed by atoms with Gasteiger partial charge >= 0.3 is 0 Å². The van der Waals surface area contributed by atoms with Gasteiger partial charge in [0, 0.05) is 22.5 Å². The van der Waals surface area contributed by atoms with E-state index in [4.69, 9.17) is 21.4 Å². The number of aryl methyl sites for hydroxylation is 1. The smallest absolute Gasteiger partial charge is 0.175 e. The summed E-state index contributed by atoms with van der Waals surface area (Å²) in [6, 6.07) is 20.0. The van der Waals surface area contributed by atoms with Crippen molar-refractivity contribution in [2.75, 3.05) is 17.7 Å². The van der Waals surface area contributed by atoms with Crippen LogP contribution >= 0.6 is 12.2 Å². The monoisotopic (exact) mass is 376 g/mol. The third-order valence-corrected chi connectivity index (χ3v) is 4.80. The Labute approximate surface area is 163 Å². The SMILES string of the molecule is CCc1ccccc1NC(=S)Nc1cc2oc3ccccc3c2cc1OC. The second-order valence-electron chi connectivity index (χ2n) is 6.24. The molecule has 4 nitrogen and oxygen atoms in total. The van der Waals surface area contributed by atoms with E-state index >= 15 is 0 Å². The Morgan fingerprint density at radius 2 is 1.67 bits per heavy atom. The first-order valence-electron chi connectivity index (χ1n) is 8.84. The highest BCUT2D eigenvalue weighted by molar-refractivity contribution is 7.80. The minimum atomic E-state index is 0.504. The van der Waals surface area contributed by atoms with Crippen LogP contribution in [0, 0.1) is 0 Å². The Bertz CT molecular complexity index is 1130. The van der Waals surface area contributed by atoms with Gasteiger partial charge in [-0.1, -0.05) is 43.3 Å². The zero-order valence-electron chi connectivity index (χ0n) is 15.2. The summed E-state index contributed by atoms with van der Waals surface area (Å²) in [5.74, 6) is 0.710. The van der Waals surface area contributed by atoms with Gasteiger partial charge in [-0.2, -0.15) is 0 Å². The van der Waals surface area contributed by atoms with Crippen molar-refractivity contribution in [3.8, 4) is 5.75 Å². The molecule has 136 valence electrons. The number of benzene rings is 3. The Morgan fingerprint density at radius 1 is 0.926 bits per heavy atom. The summed E-state index contributed by atoms with van der Waals surface area (Å²) >= 11 is 5.51. The first-order chi connectivity index (χ1) is 13.2. The lowest BCUT2D eigenvalue weighted by Crippen LogP contribution is -2.20. The third kappa shape index (κ3) is 3.34. The minimum Gasteiger partial charge on any atom is -0.495 e. The number of nitrogens with one attached hydrogen (secondary N) is 2. The van der Waals surface area contributed by atoms with Gasteiger partial charge in [0.2, 0.25) is 0 Å². The number of ether oxygens (including phenoxy) is 1. The van der Waals surface area contributed by atoms with E-state index in [0.717, 1.165) is 39.7 Å². The molecule has 0 saturated heterocycles. The van der Waals surface area contributed by atoms with Crippen LogP contribution in [0.1, 0.15) is 12.5 Å². The van der Waals surface area contributed by atoms with Crippen LogP contribution in [0.2, 0.25) is 0 Å². The average molecular weight is 376 g/mol. The van der Waals surface area contributed by atoms with Crippen molar-refractivity contribution < 1.29 is 9.15 Å². The van der Waals surface area contributed by atoms with Gasteiger partial charge in [0.15, 0.2) is 5.11 Å². The van der Waals surface area contributed by atoms with E-state index in [0.29, 0.717) is 10.9 Å². The topological polar surface area (TPSA) is 46.4 Å². The van der Waals surface area contributed by atoms with Gasteiger partial charge in [0.25, 0.3) is 0 Å². The molecule has 0 atom stereocenters. The summed E-state index contributed by atoms with van der Waals surface area (Å²) < 4.78 is 11.5. The van der Waals surface area contributed by atoms with Crippen molar-refractivity contribution in [1.29, 1.82) is 0 Å². The number of para-hydroxylation sites is 2. The number of rotatable bonds is 4. The van der Waals surface area contributed by atoms with Gasteiger partial charge in [-0.3, -0.25) is 0 Å². The number of furan rings is 1. The molecule has 5 heteroatoms. The summed E-state index contributed by atoms with van der Waals surface area (Å²) in [5.41, 5.74) is 4.61. The highest BCUT2D eigenvalue weighted by Gasteiger charge is 2.13. The Kier molecular flexibility index (Phi) is 4.69. The number of fused-ring (bicyclic) bond motifs is 3. The van der Waals surface area contributed by atoms with Gasteiger partial charge in [-0.25, -0.2) is 0 Å². The lowest BCUT2D eigenvalue weighted by molar-refractivity contribution is 0.417. The summed E-state index contributed by atoms with van der Waals surface area (Å²) in [6.07, 6.45) is 0.931. The Balaban J connectivity index is 1.66. The predicted octanol–water partition coefficient (Wildman–Crippen LogP) is 5.97. The molecule has 27 heavy (non-hydrogen) atoms. The molecule has 1 aromatic heterocycles. The first-order valence-corrected chi connectivity index (χ1v) is 9.25. The van der Waals surface area contributed by atoms with E-state index in [1.54, 1.807) is 7.11 Å². The molecule has 0 aliphatic carbocycles. The largest absolute Gasteiger partial charge is 0.495 e. The molecular formula is C22H20N2O2S. The van der Waals surface area contributed by atoms with Gasteiger partial charge in [0.05, 0.1) is 12.8 Å². The molecule has 3 aromatic carbocycles. The van der Waals surface area contributed by atoms with Crippen LogP contribution in [0.15, 0.2) is 65.1 Å². The number of hydrogen-bond acceptors (Lipinski definition) is 3. The molecular weight excluding hydrogens is 356 g/mol. The number of thiocarbonyl (C=S) groups is 1. The molecule has 0 fully saturated rings. The molecule has 4 aromatic rings. The molecule has 0 bridgehead atoms. The summed E-state index contributed by atoms with van der Waals surface area (Å²) in [5, 5.41) is 9.09. The van der Waals surface area contributed by atoms with Gasteiger partial charge in [-0.05, 0) is 42.4 Å². The van der Waals surface area contributed by atoms with Crippen molar-refractivity contribution in [1.82, 2.24) is 0 Å².